The predicted molar refractivity (Wildman–Crippen MR) is 77.1 cm³/mol. The maximum Gasteiger partial charge on any atom is 0.160 e. The first-order valence-corrected chi connectivity index (χ1v) is 7.07. The molecule has 3 heterocycles. The van der Waals surface area contributed by atoms with Crippen LogP contribution in [0.5, 0.6) is 0 Å². The minimum atomic E-state index is 0.195. The van der Waals surface area contributed by atoms with E-state index in [-0.39, 0.29) is 6.04 Å². The first-order valence-electron chi connectivity index (χ1n) is 7.07. The molecule has 0 bridgehead atoms. The Bertz CT molecular complexity index is 820. The number of aromatic nitrogens is 5. The van der Waals surface area contributed by atoms with Crippen molar-refractivity contribution in [3.8, 4) is 17.2 Å². The van der Waals surface area contributed by atoms with Crippen LogP contribution in [0, 0.1) is 17.2 Å². The molecule has 1 atom stereocenters. The molecular weight excluding hydrogens is 264 g/mol. The van der Waals surface area contributed by atoms with Crippen molar-refractivity contribution in [1.29, 1.82) is 5.26 Å². The van der Waals surface area contributed by atoms with Crippen LogP contribution >= 0.6 is 0 Å². The van der Waals surface area contributed by atoms with Crippen molar-refractivity contribution in [3.63, 3.8) is 0 Å². The lowest BCUT2D eigenvalue weighted by atomic mass is 10.1. The zero-order chi connectivity index (χ0) is 14.2. The van der Waals surface area contributed by atoms with E-state index in [1.807, 2.05) is 29.3 Å². The van der Waals surface area contributed by atoms with Gasteiger partial charge in [0.2, 0.25) is 0 Å². The number of hydrogen-bond acceptors (Lipinski definition) is 4. The van der Waals surface area contributed by atoms with Gasteiger partial charge in [-0.3, -0.25) is 4.68 Å². The zero-order valence-corrected chi connectivity index (χ0v) is 11.4. The van der Waals surface area contributed by atoms with E-state index < -0.39 is 0 Å². The lowest BCUT2D eigenvalue weighted by Gasteiger charge is -2.12. The molecule has 0 aromatic carbocycles. The van der Waals surface area contributed by atoms with Crippen molar-refractivity contribution < 1.29 is 0 Å². The van der Waals surface area contributed by atoms with E-state index in [0.717, 1.165) is 22.2 Å². The van der Waals surface area contributed by atoms with Gasteiger partial charge < -0.3 is 4.98 Å². The summed E-state index contributed by atoms with van der Waals surface area (Å²) in [6.07, 6.45) is 10.4. The van der Waals surface area contributed by atoms with Crippen LogP contribution in [-0.2, 0) is 0 Å². The Morgan fingerprint density at radius 2 is 2.33 bits per heavy atom. The lowest BCUT2D eigenvalue weighted by molar-refractivity contribution is 0.412. The van der Waals surface area contributed by atoms with Gasteiger partial charge in [-0.05, 0) is 24.8 Å². The fraction of sp³-hybridized carbons (Fsp3) is 0.333. The molecule has 1 saturated carbocycles. The lowest BCUT2D eigenvalue weighted by Crippen LogP contribution is -2.10. The van der Waals surface area contributed by atoms with E-state index in [4.69, 9.17) is 5.26 Å². The van der Waals surface area contributed by atoms with Gasteiger partial charge in [0.1, 0.15) is 0 Å². The highest BCUT2D eigenvalue weighted by Crippen LogP contribution is 2.41. The van der Waals surface area contributed by atoms with Crippen LogP contribution < -0.4 is 0 Å². The second-order valence-electron chi connectivity index (χ2n) is 5.47. The number of hydrogen-bond donors (Lipinski definition) is 1. The van der Waals surface area contributed by atoms with E-state index in [0.29, 0.717) is 12.3 Å². The summed E-state index contributed by atoms with van der Waals surface area (Å²) in [6, 6.07) is 4.46. The Balaban J connectivity index is 1.74. The summed E-state index contributed by atoms with van der Waals surface area (Å²) in [7, 11) is 0. The van der Waals surface area contributed by atoms with Crippen LogP contribution in [0.15, 0.2) is 30.9 Å². The maximum absolute atomic E-state index is 9.00. The third-order valence-electron chi connectivity index (χ3n) is 4.08. The number of nitrogens with zero attached hydrogens (tertiary/aromatic N) is 5. The molecule has 1 fully saturated rings. The van der Waals surface area contributed by atoms with Gasteiger partial charge >= 0.3 is 0 Å². The van der Waals surface area contributed by atoms with Gasteiger partial charge in [-0.15, -0.1) is 5.10 Å². The molecule has 1 N–H and O–H groups in total. The van der Waals surface area contributed by atoms with Crippen LogP contribution in [-0.4, -0.2) is 25.0 Å². The van der Waals surface area contributed by atoms with Gasteiger partial charge in [-0.2, -0.15) is 15.5 Å². The number of rotatable bonds is 4. The van der Waals surface area contributed by atoms with Gasteiger partial charge in [0, 0.05) is 28.9 Å². The average Bonchev–Trinajstić information content (AvgIpc) is 3.02. The highest BCUT2D eigenvalue weighted by Gasteiger charge is 2.32. The van der Waals surface area contributed by atoms with Gasteiger partial charge in [0.15, 0.2) is 5.65 Å². The second kappa shape index (κ2) is 4.70. The molecule has 0 radical (unpaired) electrons. The van der Waals surface area contributed by atoms with Gasteiger partial charge in [-0.1, -0.05) is 0 Å². The van der Waals surface area contributed by atoms with Crippen molar-refractivity contribution in [3.05, 3.63) is 30.9 Å². The van der Waals surface area contributed by atoms with E-state index in [9.17, 15) is 0 Å². The van der Waals surface area contributed by atoms with Gasteiger partial charge in [0.05, 0.1) is 30.9 Å². The van der Waals surface area contributed by atoms with Crippen molar-refractivity contribution in [2.75, 3.05) is 0 Å². The first kappa shape index (κ1) is 12.1. The monoisotopic (exact) mass is 278 g/mol. The predicted octanol–water partition coefficient (Wildman–Crippen LogP) is 2.69. The summed E-state index contributed by atoms with van der Waals surface area (Å²) in [6.45, 7) is 0. The van der Waals surface area contributed by atoms with Crippen molar-refractivity contribution in [1.82, 2.24) is 25.0 Å². The third kappa shape index (κ3) is 2.07. The fourth-order valence-corrected chi connectivity index (χ4v) is 2.81. The molecule has 4 rings (SSSR count). The molecule has 21 heavy (non-hydrogen) atoms. The second-order valence-corrected chi connectivity index (χ2v) is 5.47. The zero-order valence-electron chi connectivity index (χ0n) is 11.4. The molecule has 0 spiro atoms. The van der Waals surface area contributed by atoms with E-state index in [1.54, 1.807) is 6.20 Å². The van der Waals surface area contributed by atoms with Crippen molar-refractivity contribution in [2.45, 2.75) is 25.3 Å². The quantitative estimate of drug-likeness (QED) is 0.795. The average molecular weight is 278 g/mol. The molecule has 3 aromatic heterocycles. The fourth-order valence-electron chi connectivity index (χ4n) is 2.81. The summed E-state index contributed by atoms with van der Waals surface area (Å²) in [5, 5.41) is 22.6. The Labute approximate surface area is 121 Å². The highest BCUT2D eigenvalue weighted by atomic mass is 15.3. The SMILES string of the molecule is N#CC[C@H](C1CC1)n1cc(-c2cnnc3[nH]ccc23)cn1. The molecule has 104 valence electrons. The number of nitriles is 1. The Morgan fingerprint density at radius 3 is 3.14 bits per heavy atom. The molecule has 6 nitrogen and oxygen atoms in total. The molecule has 0 aliphatic heterocycles. The summed E-state index contributed by atoms with van der Waals surface area (Å²) in [5.74, 6) is 0.597. The summed E-state index contributed by atoms with van der Waals surface area (Å²) >= 11 is 0. The summed E-state index contributed by atoms with van der Waals surface area (Å²) in [4.78, 5) is 3.06. The van der Waals surface area contributed by atoms with Crippen LogP contribution in [0.4, 0.5) is 0 Å². The third-order valence-corrected chi connectivity index (χ3v) is 4.08. The number of fused-ring (bicyclic) bond motifs is 1. The van der Waals surface area contributed by atoms with Crippen LogP contribution in [0.2, 0.25) is 0 Å². The molecular formula is C15H14N6. The standard InChI is InChI=1S/C15H14N6/c16-5-3-14(10-1-2-10)21-9-11(7-19-21)13-8-18-20-15-12(13)4-6-17-15/h4,6-10,14H,1-3H2,(H,17,20)/t14-/m1/s1. The summed E-state index contributed by atoms with van der Waals surface area (Å²) < 4.78 is 1.94. The first-order chi connectivity index (χ1) is 10.4. The van der Waals surface area contributed by atoms with E-state index >= 15 is 0 Å². The minimum Gasteiger partial charge on any atom is -0.345 e. The largest absolute Gasteiger partial charge is 0.345 e. The maximum atomic E-state index is 9.00. The topological polar surface area (TPSA) is 83.2 Å². The van der Waals surface area contributed by atoms with Crippen LogP contribution in [0.1, 0.15) is 25.3 Å². The Hall–Kier alpha value is -2.68. The summed E-state index contributed by atoms with van der Waals surface area (Å²) in [5.41, 5.74) is 2.80. The highest BCUT2D eigenvalue weighted by molar-refractivity contribution is 5.91. The molecule has 0 amide bonds. The molecule has 1 aliphatic carbocycles. The van der Waals surface area contributed by atoms with E-state index in [2.05, 4.69) is 26.3 Å². The smallest absolute Gasteiger partial charge is 0.160 e. The van der Waals surface area contributed by atoms with Gasteiger partial charge in [-0.25, -0.2) is 0 Å². The molecule has 3 aromatic rings. The molecule has 6 heteroatoms. The number of aromatic amines is 1. The van der Waals surface area contributed by atoms with Crippen LogP contribution in [0.3, 0.4) is 0 Å². The van der Waals surface area contributed by atoms with Gasteiger partial charge in [0.25, 0.3) is 0 Å². The van der Waals surface area contributed by atoms with Crippen molar-refractivity contribution >= 4 is 11.0 Å². The van der Waals surface area contributed by atoms with E-state index in [1.165, 1.54) is 12.8 Å². The molecule has 0 saturated heterocycles. The normalized spacial score (nSPS) is 16.0. The number of nitrogens with one attached hydrogen (secondary N) is 1. The van der Waals surface area contributed by atoms with Crippen LogP contribution in [0.25, 0.3) is 22.2 Å². The van der Waals surface area contributed by atoms with Crippen molar-refractivity contribution in [2.24, 2.45) is 5.92 Å². The molecule has 0 unspecified atom stereocenters. The number of H-pyrrole nitrogens is 1. The Kier molecular flexibility index (Phi) is 2.71. The Morgan fingerprint density at radius 1 is 1.43 bits per heavy atom. The minimum absolute atomic E-state index is 0.195. The molecule has 1 aliphatic rings.